The van der Waals surface area contributed by atoms with Gasteiger partial charge in [-0.3, -0.25) is 4.79 Å². The van der Waals surface area contributed by atoms with Crippen LogP contribution in [0.15, 0.2) is 45.3 Å². The second-order valence-electron chi connectivity index (χ2n) is 7.32. The maximum Gasteiger partial charge on any atom is 0.219 e. The number of benzene rings is 1. The highest BCUT2D eigenvalue weighted by Gasteiger charge is 2.52. The molecule has 0 saturated carbocycles. The van der Waals surface area contributed by atoms with Gasteiger partial charge in [0.2, 0.25) is 11.6 Å². The summed E-state index contributed by atoms with van der Waals surface area (Å²) in [5, 5.41) is 9.33. The number of ether oxygens (including phenoxy) is 1. The fraction of sp³-hybridized carbons (Fsp3) is 0.400. The average molecular weight is 446 g/mol. The second kappa shape index (κ2) is 6.34. The quantitative estimate of drug-likeness (QED) is 0.653. The molecule has 1 unspecified atom stereocenters. The third-order valence-electron chi connectivity index (χ3n) is 5.75. The van der Waals surface area contributed by atoms with E-state index in [-0.39, 0.29) is 11.9 Å². The molecule has 140 valence electrons. The Morgan fingerprint density at radius 2 is 2.15 bits per heavy atom. The summed E-state index contributed by atoms with van der Waals surface area (Å²) in [6.07, 6.45) is 2.41. The van der Waals surface area contributed by atoms with E-state index in [0.717, 1.165) is 35.2 Å². The maximum atomic E-state index is 11.8. The molecule has 7 heteroatoms. The van der Waals surface area contributed by atoms with Crippen LogP contribution in [0.1, 0.15) is 42.7 Å². The molecule has 0 N–H and O–H groups in total. The topological polar surface area (TPSA) is 45.1 Å². The number of likely N-dealkylation sites (tertiary alicyclic amines) is 1. The van der Waals surface area contributed by atoms with E-state index in [4.69, 9.17) is 9.84 Å². The molecule has 1 aromatic heterocycles. The molecule has 5 rings (SSSR count). The number of hydrogen-bond acceptors (Lipinski definition) is 5. The van der Waals surface area contributed by atoms with Crippen molar-refractivity contribution in [2.24, 2.45) is 5.10 Å². The normalized spacial score (nSPS) is 22.9. The monoisotopic (exact) mass is 445 g/mol. The van der Waals surface area contributed by atoms with Crippen LogP contribution in [-0.4, -0.2) is 40.3 Å². The molecular formula is C20H20BrN3O2S. The summed E-state index contributed by atoms with van der Waals surface area (Å²) in [5.74, 6) is 1.07. The first kappa shape index (κ1) is 17.3. The van der Waals surface area contributed by atoms with Crippen molar-refractivity contribution < 1.29 is 9.53 Å². The van der Waals surface area contributed by atoms with Crippen LogP contribution in [0.5, 0.6) is 5.75 Å². The van der Waals surface area contributed by atoms with Crippen LogP contribution >= 0.6 is 27.3 Å². The highest BCUT2D eigenvalue weighted by molar-refractivity contribution is 9.10. The lowest BCUT2D eigenvalue weighted by atomic mass is 9.91. The molecule has 2 aromatic rings. The lowest BCUT2D eigenvalue weighted by Crippen LogP contribution is -2.59. The number of hydrogen-bond donors (Lipinski definition) is 0. The van der Waals surface area contributed by atoms with Gasteiger partial charge in [0.1, 0.15) is 5.75 Å². The molecule has 4 heterocycles. The number of fused-ring (bicyclic) bond motifs is 4. The SMILES string of the molecule is CC(=O)N1CCC2(CC1)Oc1ccc(Br)cc1C1CC(c3cccs3)=NN12. The average Bonchev–Trinajstić information content (AvgIpc) is 3.33. The molecule has 3 aliphatic rings. The van der Waals surface area contributed by atoms with Crippen LogP contribution in [0.4, 0.5) is 0 Å². The Morgan fingerprint density at radius 1 is 1.33 bits per heavy atom. The van der Waals surface area contributed by atoms with E-state index in [1.807, 2.05) is 11.0 Å². The third kappa shape index (κ3) is 2.79. The van der Waals surface area contributed by atoms with Gasteiger partial charge in [0.25, 0.3) is 0 Å². The highest BCUT2D eigenvalue weighted by Crippen LogP contribution is 2.50. The van der Waals surface area contributed by atoms with E-state index >= 15 is 0 Å². The Balaban J connectivity index is 1.56. The fourth-order valence-electron chi connectivity index (χ4n) is 4.35. The van der Waals surface area contributed by atoms with Gasteiger partial charge in [0.05, 0.1) is 16.6 Å². The molecule has 0 bridgehead atoms. The van der Waals surface area contributed by atoms with Gasteiger partial charge in [0, 0.05) is 49.3 Å². The summed E-state index contributed by atoms with van der Waals surface area (Å²) in [7, 11) is 0. The Kier molecular flexibility index (Phi) is 4.05. The van der Waals surface area contributed by atoms with Crippen LogP contribution in [-0.2, 0) is 4.79 Å². The summed E-state index contributed by atoms with van der Waals surface area (Å²) < 4.78 is 7.64. The van der Waals surface area contributed by atoms with Crippen molar-refractivity contribution in [1.82, 2.24) is 9.91 Å². The molecule has 1 saturated heterocycles. The van der Waals surface area contributed by atoms with E-state index in [1.54, 1.807) is 18.3 Å². The standard InChI is InChI=1S/C20H20BrN3O2S/c1-13(25)23-8-6-20(7-9-23)24-17(12-16(22-24)19-3-2-10-27-19)15-11-14(21)4-5-18(15)26-20/h2-5,10-11,17H,6-9,12H2,1H3. The number of nitrogens with zero attached hydrogens (tertiary/aromatic N) is 3. The largest absolute Gasteiger partial charge is 0.466 e. The molecule has 1 amide bonds. The van der Waals surface area contributed by atoms with Crippen molar-refractivity contribution in [2.45, 2.75) is 38.0 Å². The maximum absolute atomic E-state index is 11.8. The van der Waals surface area contributed by atoms with Crippen LogP contribution in [0, 0.1) is 0 Å². The molecule has 27 heavy (non-hydrogen) atoms. The number of halogens is 1. The smallest absolute Gasteiger partial charge is 0.219 e. The van der Waals surface area contributed by atoms with Gasteiger partial charge in [-0.1, -0.05) is 22.0 Å². The molecule has 1 atom stereocenters. The van der Waals surface area contributed by atoms with Crippen LogP contribution in [0.3, 0.4) is 0 Å². The van der Waals surface area contributed by atoms with Crippen molar-refractivity contribution in [1.29, 1.82) is 0 Å². The van der Waals surface area contributed by atoms with Crippen molar-refractivity contribution >= 4 is 38.9 Å². The van der Waals surface area contributed by atoms with Crippen LogP contribution < -0.4 is 4.74 Å². The molecule has 1 aromatic carbocycles. The molecule has 0 aliphatic carbocycles. The van der Waals surface area contributed by atoms with Gasteiger partial charge >= 0.3 is 0 Å². The molecule has 5 nitrogen and oxygen atoms in total. The zero-order chi connectivity index (χ0) is 18.6. The van der Waals surface area contributed by atoms with Crippen molar-refractivity contribution in [3.8, 4) is 5.75 Å². The lowest BCUT2D eigenvalue weighted by Gasteiger charge is -2.51. The number of carbonyl (C=O) groups is 1. The van der Waals surface area contributed by atoms with Gasteiger partial charge < -0.3 is 9.64 Å². The zero-order valence-electron chi connectivity index (χ0n) is 15.0. The summed E-state index contributed by atoms with van der Waals surface area (Å²) in [6.45, 7) is 3.04. The van der Waals surface area contributed by atoms with E-state index in [9.17, 15) is 4.79 Å². The summed E-state index contributed by atoms with van der Waals surface area (Å²) in [4.78, 5) is 14.9. The van der Waals surface area contributed by atoms with E-state index in [2.05, 4.69) is 50.6 Å². The van der Waals surface area contributed by atoms with Gasteiger partial charge in [-0.25, -0.2) is 5.01 Å². The van der Waals surface area contributed by atoms with Crippen LogP contribution in [0.2, 0.25) is 0 Å². The number of rotatable bonds is 1. The summed E-state index contributed by atoms with van der Waals surface area (Å²) in [6, 6.07) is 10.6. The predicted octanol–water partition coefficient (Wildman–Crippen LogP) is 4.39. The number of piperidine rings is 1. The van der Waals surface area contributed by atoms with E-state index in [0.29, 0.717) is 13.1 Å². The highest BCUT2D eigenvalue weighted by atomic mass is 79.9. The van der Waals surface area contributed by atoms with E-state index < -0.39 is 5.72 Å². The minimum absolute atomic E-state index is 0.130. The number of thiophene rings is 1. The Bertz CT molecular complexity index is 919. The molecule has 3 aliphatic heterocycles. The minimum Gasteiger partial charge on any atom is -0.466 e. The van der Waals surface area contributed by atoms with Gasteiger partial charge in [0.15, 0.2) is 0 Å². The van der Waals surface area contributed by atoms with E-state index in [1.165, 1.54) is 10.4 Å². The van der Waals surface area contributed by atoms with Gasteiger partial charge in [-0.05, 0) is 29.6 Å². The first-order chi connectivity index (χ1) is 13.1. The van der Waals surface area contributed by atoms with Crippen molar-refractivity contribution in [3.05, 3.63) is 50.6 Å². The lowest BCUT2D eigenvalue weighted by molar-refractivity contribution is -0.158. The Labute approximate surface area is 170 Å². The summed E-state index contributed by atoms with van der Waals surface area (Å²) in [5.41, 5.74) is 1.83. The number of amides is 1. The fourth-order valence-corrected chi connectivity index (χ4v) is 5.45. The van der Waals surface area contributed by atoms with Crippen LogP contribution in [0.25, 0.3) is 0 Å². The number of hydrazone groups is 1. The zero-order valence-corrected chi connectivity index (χ0v) is 17.4. The minimum atomic E-state index is -0.476. The third-order valence-corrected chi connectivity index (χ3v) is 7.17. The summed E-state index contributed by atoms with van der Waals surface area (Å²) >= 11 is 5.33. The predicted molar refractivity (Wildman–Crippen MR) is 109 cm³/mol. The molecular weight excluding hydrogens is 426 g/mol. The Hall–Kier alpha value is -1.86. The Morgan fingerprint density at radius 3 is 2.85 bits per heavy atom. The molecule has 1 spiro atoms. The molecule has 1 fully saturated rings. The first-order valence-electron chi connectivity index (χ1n) is 9.20. The van der Waals surface area contributed by atoms with Gasteiger partial charge in [-0.2, -0.15) is 5.10 Å². The van der Waals surface area contributed by atoms with Crippen molar-refractivity contribution in [3.63, 3.8) is 0 Å². The number of carbonyl (C=O) groups excluding carboxylic acids is 1. The molecule has 0 radical (unpaired) electrons. The van der Waals surface area contributed by atoms with Gasteiger partial charge in [-0.15, -0.1) is 11.3 Å². The first-order valence-corrected chi connectivity index (χ1v) is 10.9. The van der Waals surface area contributed by atoms with Crippen molar-refractivity contribution in [2.75, 3.05) is 13.1 Å². The second-order valence-corrected chi connectivity index (χ2v) is 9.19.